The number of ether oxygens (including phenoxy) is 2. The van der Waals surface area contributed by atoms with Gasteiger partial charge in [-0.25, -0.2) is 9.97 Å². The van der Waals surface area contributed by atoms with Crippen molar-refractivity contribution in [3.05, 3.63) is 46.9 Å². The van der Waals surface area contributed by atoms with Crippen LogP contribution in [0.4, 0.5) is 5.82 Å². The minimum absolute atomic E-state index is 0.239. The Bertz CT molecular complexity index is 894. The zero-order valence-electron chi connectivity index (χ0n) is 18.6. The molecule has 2 aliphatic rings. The topological polar surface area (TPSA) is 67.8 Å². The molecule has 0 bridgehead atoms. The lowest BCUT2D eigenvalue weighted by molar-refractivity contribution is -0.132. The Morgan fingerprint density at radius 3 is 2.61 bits per heavy atom. The molecule has 2 aromatic rings. The Kier molecular flexibility index (Phi) is 7.02. The minimum atomic E-state index is 0.239. The molecule has 1 aromatic carbocycles. The molecule has 4 rings (SSSR count). The van der Waals surface area contributed by atoms with E-state index in [1.807, 2.05) is 17.0 Å². The molecule has 1 saturated heterocycles. The van der Waals surface area contributed by atoms with E-state index in [0.29, 0.717) is 32.6 Å². The van der Waals surface area contributed by atoms with Gasteiger partial charge in [0, 0.05) is 44.5 Å². The fourth-order valence-corrected chi connectivity index (χ4v) is 4.19. The molecule has 0 unspecified atom stereocenters. The SMILES string of the molecule is CCCCC(=O)N1CCc2nc(Cc3ccc(OC)cc3)nc(N3CCOCC3)c2C1. The normalized spacial score (nSPS) is 16.2. The molecular weight excluding hydrogens is 392 g/mol. The lowest BCUT2D eigenvalue weighted by Gasteiger charge is -2.34. The molecule has 31 heavy (non-hydrogen) atoms. The summed E-state index contributed by atoms with van der Waals surface area (Å²) >= 11 is 0. The van der Waals surface area contributed by atoms with Crippen LogP contribution in [0.3, 0.4) is 0 Å². The van der Waals surface area contributed by atoms with E-state index in [2.05, 4.69) is 24.0 Å². The monoisotopic (exact) mass is 424 g/mol. The van der Waals surface area contributed by atoms with Crippen molar-refractivity contribution in [3.8, 4) is 5.75 Å². The van der Waals surface area contributed by atoms with Gasteiger partial charge in [-0.2, -0.15) is 0 Å². The largest absolute Gasteiger partial charge is 0.497 e. The third kappa shape index (κ3) is 5.15. The van der Waals surface area contributed by atoms with Gasteiger partial charge in [0.2, 0.25) is 5.91 Å². The third-order valence-corrected chi connectivity index (χ3v) is 6.01. The van der Waals surface area contributed by atoms with Crippen LogP contribution in [0.1, 0.15) is 48.8 Å². The van der Waals surface area contributed by atoms with Gasteiger partial charge in [0.05, 0.1) is 32.6 Å². The Hall–Kier alpha value is -2.67. The highest BCUT2D eigenvalue weighted by Gasteiger charge is 2.28. The number of nitrogens with zero attached hydrogens (tertiary/aromatic N) is 4. The maximum absolute atomic E-state index is 12.7. The van der Waals surface area contributed by atoms with E-state index in [4.69, 9.17) is 19.4 Å². The number of aromatic nitrogens is 2. The van der Waals surface area contributed by atoms with Gasteiger partial charge in [-0.15, -0.1) is 0 Å². The summed E-state index contributed by atoms with van der Waals surface area (Å²) in [4.78, 5) is 26.8. The predicted molar refractivity (Wildman–Crippen MR) is 120 cm³/mol. The molecule has 1 aromatic heterocycles. The van der Waals surface area contributed by atoms with Crippen LogP contribution in [0.2, 0.25) is 0 Å². The molecular formula is C24H32N4O3. The molecule has 0 atom stereocenters. The van der Waals surface area contributed by atoms with Gasteiger partial charge in [-0.3, -0.25) is 4.79 Å². The number of benzene rings is 1. The molecule has 0 spiro atoms. The number of methoxy groups -OCH3 is 1. The van der Waals surface area contributed by atoms with Crippen LogP contribution in [0.25, 0.3) is 0 Å². The number of rotatable bonds is 7. The van der Waals surface area contributed by atoms with Gasteiger partial charge >= 0.3 is 0 Å². The number of amides is 1. The van der Waals surface area contributed by atoms with Crippen LogP contribution >= 0.6 is 0 Å². The first-order chi connectivity index (χ1) is 15.2. The van der Waals surface area contributed by atoms with E-state index in [9.17, 15) is 4.79 Å². The highest BCUT2D eigenvalue weighted by molar-refractivity contribution is 5.76. The third-order valence-electron chi connectivity index (χ3n) is 6.01. The number of carbonyl (C=O) groups is 1. The van der Waals surface area contributed by atoms with Crippen molar-refractivity contribution in [1.82, 2.24) is 14.9 Å². The summed E-state index contributed by atoms with van der Waals surface area (Å²) in [6.07, 6.45) is 4.05. The highest BCUT2D eigenvalue weighted by atomic mass is 16.5. The average Bonchev–Trinajstić information content (AvgIpc) is 2.82. The van der Waals surface area contributed by atoms with Crippen molar-refractivity contribution < 1.29 is 14.3 Å². The number of morpholine rings is 1. The first-order valence-corrected chi connectivity index (χ1v) is 11.3. The van der Waals surface area contributed by atoms with Crippen LogP contribution in [-0.2, 0) is 28.9 Å². The Balaban J connectivity index is 1.61. The molecule has 3 heterocycles. The molecule has 0 N–H and O–H groups in total. The highest BCUT2D eigenvalue weighted by Crippen LogP contribution is 2.28. The Labute approximate surface area is 184 Å². The Morgan fingerprint density at radius 2 is 1.90 bits per heavy atom. The van der Waals surface area contributed by atoms with Crippen molar-refractivity contribution in [2.75, 3.05) is 44.9 Å². The second-order valence-corrected chi connectivity index (χ2v) is 8.18. The molecule has 0 radical (unpaired) electrons. The summed E-state index contributed by atoms with van der Waals surface area (Å²) in [5.41, 5.74) is 3.34. The molecule has 166 valence electrons. The van der Waals surface area contributed by atoms with Crippen LogP contribution < -0.4 is 9.64 Å². The summed E-state index contributed by atoms with van der Waals surface area (Å²) in [5, 5.41) is 0. The second-order valence-electron chi connectivity index (χ2n) is 8.18. The maximum Gasteiger partial charge on any atom is 0.222 e. The van der Waals surface area contributed by atoms with E-state index in [1.54, 1.807) is 7.11 Å². The number of hydrogen-bond donors (Lipinski definition) is 0. The summed E-state index contributed by atoms with van der Waals surface area (Å²) < 4.78 is 10.8. The van der Waals surface area contributed by atoms with Gasteiger partial charge in [0.15, 0.2) is 0 Å². The van der Waals surface area contributed by atoms with Gasteiger partial charge in [-0.1, -0.05) is 25.5 Å². The first kappa shape index (κ1) is 21.6. The van der Waals surface area contributed by atoms with Gasteiger partial charge in [-0.05, 0) is 24.1 Å². The first-order valence-electron chi connectivity index (χ1n) is 11.3. The van der Waals surface area contributed by atoms with Crippen molar-refractivity contribution in [1.29, 1.82) is 0 Å². The predicted octanol–water partition coefficient (Wildman–Crippen LogP) is 2.99. The van der Waals surface area contributed by atoms with Crippen LogP contribution in [-0.4, -0.2) is 60.7 Å². The van der Waals surface area contributed by atoms with Crippen molar-refractivity contribution >= 4 is 11.7 Å². The molecule has 0 aliphatic carbocycles. The number of anilines is 1. The molecule has 1 amide bonds. The number of carbonyl (C=O) groups excluding carboxylic acids is 1. The lowest BCUT2D eigenvalue weighted by Crippen LogP contribution is -2.41. The maximum atomic E-state index is 12.7. The quantitative estimate of drug-likeness (QED) is 0.681. The summed E-state index contributed by atoms with van der Waals surface area (Å²) in [5.74, 6) is 2.89. The van der Waals surface area contributed by atoms with Gasteiger partial charge < -0.3 is 19.3 Å². The fraction of sp³-hybridized carbons (Fsp3) is 0.542. The number of unbranched alkanes of at least 4 members (excludes halogenated alkanes) is 1. The standard InChI is InChI=1S/C24H32N4O3/c1-3-4-5-23(29)28-11-10-21-20(17-28)24(27-12-14-31-15-13-27)26-22(25-21)16-18-6-8-19(30-2)9-7-18/h6-9H,3-5,10-17H2,1-2H3. The molecule has 7 nitrogen and oxygen atoms in total. The zero-order valence-corrected chi connectivity index (χ0v) is 18.6. The smallest absolute Gasteiger partial charge is 0.222 e. The van der Waals surface area contributed by atoms with Crippen LogP contribution in [0, 0.1) is 0 Å². The molecule has 7 heteroatoms. The number of fused-ring (bicyclic) bond motifs is 1. The summed E-state index contributed by atoms with van der Waals surface area (Å²) in [7, 11) is 1.67. The van der Waals surface area contributed by atoms with E-state index < -0.39 is 0 Å². The Morgan fingerprint density at radius 1 is 1.13 bits per heavy atom. The van der Waals surface area contributed by atoms with E-state index in [-0.39, 0.29) is 5.91 Å². The molecule has 0 saturated carbocycles. The average molecular weight is 425 g/mol. The zero-order chi connectivity index (χ0) is 21.6. The van der Waals surface area contributed by atoms with E-state index in [1.165, 1.54) is 0 Å². The van der Waals surface area contributed by atoms with E-state index >= 15 is 0 Å². The fourth-order valence-electron chi connectivity index (χ4n) is 4.19. The van der Waals surface area contributed by atoms with Crippen molar-refractivity contribution in [3.63, 3.8) is 0 Å². The summed E-state index contributed by atoms with van der Waals surface area (Å²) in [6.45, 7) is 6.49. The summed E-state index contributed by atoms with van der Waals surface area (Å²) in [6, 6.07) is 8.06. The van der Waals surface area contributed by atoms with Crippen LogP contribution in [0.5, 0.6) is 5.75 Å². The molecule has 2 aliphatic heterocycles. The van der Waals surface area contributed by atoms with Crippen LogP contribution in [0.15, 0.2) is 24.3 Å². The second kappa shape index (κ2) is 10.1. The van der Waals surface area contributed by atoms with Crippen molar-refractivity contribution in [2.24, 2.45) is 0 Å². The number of hydrogen-bond acceptors (Lipinski definition) is 6. The van der Waals surface area contributed by atoms with Crippen molar-refractivity contribution in [2.45, 2.75) is 45.6 Å². The lowest BCUT2D eigenvalue weighted by atomic mass is 10.0. The van der Waals surface area contributed by atoms with Gasteiger partial charge in [0.1, 0.15) is 17.4 Å². The van der Waals surface area contributed by atoms with Gasteiger partial charge in [0.25, 0.3) is 0 Å². The van der Waals surface area contributed by atoms with E-state index in [0.717, 1.165) is 73.1 Å². The molecule has 1 fully saturated rings. The minimum Gasteiger partial charge on any atom is -0.497 e.